The lowest BCUT2D eigenvalue weighted by atomic mass is 10.1. The molecule has 0 saturated carbocycles. The highest BCUT2D eigenvalue weighted by Crippen LogP contribution is 2.29. The van der Waals surface area contributed by atoms with E-state index >= 15 is 0 Å². The molecule has 0 spiro atoms. The Hall–Kier alpha value is -3.20. The first-order valence-corrected chi connectivity index (χ1v) is 13.6. The summed E-state index contributed by atoms with van der Waals surface area (Å²) in [6.45, 7) is 4.12. The fraction of sp³-hybridized carbons (Fsp3) is 0.400. The summed E-state index contributed by atoms with van der Waals surface area (Å²) < 4.78 is 24.4. The number of aromatic nitrogens is 2. The zero-order valence-electron chi connectivity index (χ0n) is 19.4. The molecular weight excluding hydrogens is 450 g/mol. The van der Waals surface area contributed by atoms with Crippen LogP contribution >= 0.6 is 0 Å². The van der Waals surface area contributed by atoms with Crippen LogP contribution in [0.2, 0.25) is 0 Å². The first-order chi connectivity index (χ1) is 16.4. The molecule has 34 heavy (non-hydrogen) atoms. The molecule has 9 heteroatoms. The second-order valence-electron chi connectivity index (χ2n) is 8.99. The standard InChI is InChI=1S/C25H29N5O3S/c1-34(32,33)19-9-10-23(28-11-5-2-6-12-28)20(17-19)25(31)30-15-13-29(14-16-30)24-18-26-21-7-3-4-8-22(21)27-24/h3-4,7-10,17-18H,2,5-6,11-16H2,1H3. The Morgan fingerprint density at radius 2 is 1.56 bits per heavy atom. The highest BCUT2D eigenvalue weighted by atomic mass is 32.2. The molecule has 2 aliphatic rings. The molecule has 0 N–H and O–H groups in total. The quantitative estimate of drug-likeness (QED) is 0.569. The molecule has 2 saturated heterocycles. The maximum atomic E-state index is 13.6. The minimum atomic E-state index is -3.41. The summed E-state index contributed by atoms with van der Waals surface area (Å²) >= 11 is 0. The van der Waals surface area contributed by atoms with Crippen molar-refractivity contribution in [1.29, 1.82) is 0 Å². The number of hydrogen-bond donors (Lipinski definition) is 0. The summed E-state index contributed by atoms with van der Waals surface area (Å²) in [5, 5.41) is 0. The van der Waals surface area contributed by atoms with Gasteiger partial charge in [0.05, 0.1) is 27.7 Å². The molecule has 2 aliphatic heterocycles. The zero-order valence-corrected chi connectivity index (χ0v) is 20.2. The Balaban J connectivity index is 1.36. The van der Waals surface area contributed by atoms with Crippen molar-refractivity contribution in [2.45, 2.75) is 24.2 Å². The van der Waals surface area contributed by atoms with Gasteiger partial charge >= 0.3 is 0 Å². The van der Waals surface area contributed by atoms with Gasteiger partial charge in [-0.25, -0.2) is 13.4 Å². The number of anilines is 2. The second-order valence-corrected chi connectivity index (χ2v) is 11.0. The summed E-state index contributed by atoms with van der Waals surface area (Å²) in [7, 11) is -3.41. The first kappa shape index (κ1) is 22.6. The van der Waals surface area contributed by atoms with Gasteiger partial charge in [0.25, 0.3) is 5.91 Å². The maximum Gasteiger partial charge on any atom is 0.256 e. The predicted octanol–water partition coefficient (Wildman–Crippen LogP) is 2.99. The van der Waals surface area contributed by atoms with Gasteiger partial charge in [0.2, 0.25) is 0 Å². The minimum Gasteiger partial charge on any atom is -0.371 e. The molecule has 0 atom stereocenters. The topological polar surface area (TPSA) is 86.7 Å². The van der Waals surface area contributed by atoms with E-state index in [0.717, 1.165) is 48.5 Å². The minimum absolute atomic E-state index is 0.115. The molecule has 0 aliphatic carbocycles. The van der Waals surface area contributed by atoms with E-state index in [9.17, 15) is 13.2 Å². The Morgan fingerprint density at radius 1 is 0.853 bits per heavy atom. The first-order valence-electron chi connectivity index (χ1n) is 11.8. The van der Waals surface area contributed by atoms with Gasteiger partial charge in [-0.05, 0) is 49.6 Å². The van der Waals surface area contributed by atoms with E-state index in [2.05, 4.69) is 14.8 Å². The van der Waals surface area contributed by atoms with Gasteiger partial charge in [-0.3, -0.25) is 9.78 Å². The molecule has 2 fully saturated rings. The van der Waals surface area contributed by atoms with E-state index in [-0.39, 0.29) is 10.8 Å². The zero-order chi connectivity index (χ0) is 23.7. The van der Waals surface area contributed by atoms with Crippen LogP contribution < -0.4 is 9.80 Å². The van der Waals surface area contributed by atoms with Crippen molar-refractivity contribution in [2.75, 3.05) is 55.3 Å². The van der Waals surface area contributed by atoms with Gasteiger partial charge in [0, 0.05) is 51.2 Å². The van der Waals surface area contributed by atoms with Gasteiger partial charge in [-0.15, -0.1) is 0 Å². The molecule has 5 rings (SSSR count). The van der Waals surface area contributed by atoms with E-state index in [1.165, 1.54) is 12.7 Å². The number of nitrogens with zero attached hydrogens (tertiary/aromatic N) is 5. The second kappa shape index (κ2) is 9.21. The predicted molar refractivity (Wildman–Crippen MR) is 133 cm³/mol. The number of piperazine rings is 1. The molecular formula is C25H29N5O3S. The van der Waals surface area contributed by atoms with Gasteiger partial charge in [-0.2, -0.15) is 0 Å². The van der Waals surface area contributed by atoms with Crippen molar-refractivity contribution < 1.29 is 13.2 Å². The summed E-state index contributed by atoms with van der Waals surface area (Å²) in [5.74, 6) is 0.689. The molecule has 178 valence electrons. The molecule has 1 aromatic heterocycles. The van der Waals surface area contributed by atoms with Crippen LogP contribution in [0.3, 0.4) is 0 Å². The molecule has 3 heterocycles. The highest BCUT2D eigenvalue weighted by molar-refractivity contribution is 7.90. The Bertz CT molecular complexity index is 1310. The van der Waals surface area contributed by atoms with Gasteiger partial charge in [-0.1, -0.05) is 12.1 Å². The van der Waals surface area contributed by atoms with Crippen LogP contribution in [0.5, 0.6) is 0 Å². The van der Waals surface area contributed by atoms with Crippen molar-refractivity contribution in [3.8, 4) is 0 Å². The van der Waals surface area contributed by atoms with Crippen molar-refractivity contribution in [1.82, 2.24) is 14.9 Å². The molecule has 8 nitrogen and oxygen atoms in total. The van der Waals surface area contributed by atoms with Crippen molar-refractivity contribution in [3.63, 3.8) is 0 Å². The average Bonchev–Trinajstić information content (AvgIpc) is 2.88. The Kier molecular flexibility index (Phi) is 6.12. The lowest BCUT2D eigenvalue weighted by molar-refractivity contribution is 0.0747. The van der Waals surface area contributed by atoms with Crippen LogP contribution in [0.25, 0.3) is 11.0 Å². The van der Waals surface area contributed by atoms with E-state index < -0.39 is 9.84 Å². The SMILES string of the molecule is CS(=O)(=O)c1ccc(N2CCCCC2)c(C(=O)N2CCN(c3cnc4ccccc4n3)CC2)c1. The van der Waals surface area contributed by atoms with Gasteiger partial charge in [0.15, 0.2) is 9.84 Å². The van der Waals surface area contributed by atoms with Crippen molar-refractivity contribution in [2.24, 2.45) is 0 Å². The van der Waals surface area contributed by atoms with Gasteiger partial charge in [0.1, 0.15) is 5.82 Å². The number of sulfone groups is 1. The highest BCUT2D eigenvalue weighted by Gasteiger charge is 2.28. The molecule has 0 unspecified atom stereocenters. The number of hydrogen-bond acceptors (Lipinski definition) is 7. The van der Waals surface area contributed by atoms with Crippen LogP contribution in [0, 0.1) is 0 Å². The fourth-order valence-corrected chi connectivity index (χ4v) is 5.38. The summed E-state index contributed by atoms with van der Waals surface area (Å²) in [5.41, 5.74) is 3.02. The van der Waals surface area contributed by atoms with Crippen molar-refractivity contribution >= 4 is 38.3 Å². The van der Waals surface area contributed by atoms with Gasteiger partial charge < -0.3 is 14.7 Å². The number of benzene rings is 2. The van der Waals surface area contributed by atoms with Crippen LogP contribution in [-0.2, 0) is 9.84 Å². The van der Waals surface area contributed by atoms with E-state index in [1.54, 1.807) is 24.4 Å². The van der Waals surface area contributed by atoms with E-state index in [4.69, 9.17) is 4.98 Å². The van der Waals surface area contributed by atoms with Crippen LogP contribution in [0.4, 0.5) is 11.5 Å². The average molecular weight is 480 g/mol. The molecule has 2 aromatic carbocycles. The number of piperidine rings is 1. The number of para-hydroxylation sites is 2. The molecule has 3 aromatic rings. The third kappa shape index (κ3) is 4.57. The third-order valence-electron chi connectivity index (χ3n) is 6.65. The molecule has 0 bridgehead atoms. The van der Waals surface area contributed by atoms with Crippen LogP contribution in [-0.4, -0.2) is 74.7 Å². The number of fused-ring (bicyclic) bond motifs is 1. The Morgan fingerprint density at radius 3 is 2.26 bits per heavy atom. The number of rotatable bonds is 4. The molecule has 0 radical (unpaired) electrons. The lowest BCUT2D eigenvalue weighted by Gasteiger charge is -2.36. The number of carbonyl (C=O) groups excluding carboxylic acids is 1. The monoisotopic (exact) mass is 479 g/mol. The number of amides is 1. The molecule has 1 amide bonds. The van der Waals surface area contributed by atoms with E-state index in [1.807, 2.05) is 29.2 Å². The maximum absolute atomic E-state index is 13.6. The lowest BCUT2D eigenvalue weighted by Crippen LogP contribution is -2.49. The Labute approximate surface area is 200 Å². The normalized spacial score (nSPS) is 17.3. The fourth-order valence-electron chi connectivity index (χ4n) is 4.74. The van der Waals surface area contributed by atoms with E-state index in [0.29, 0.717) is 31.7 Å². The third-order valence-corrected chi connectivity index (χ3v) is 7.76. The summed E-state index contributed by atoms with van der Waals surface area (Å²) in [6.07, 6.45) is 6.30. The van der Waals surface area contributed by atoms with Crippen LogP contribution in [0.15, 0.2) is 53.6 Å². The summed E-state index contributed by atoms with van der Waals surface area (Å²) in [6, 6.07) is 12.8. The van der Waals surface area contributed by atoms with Crippen molar-refractivity contribution in [3.05, 3.63) is 54.2 Å². The smallest absolute Gasteiger partial charge is 0.256 e. The summed E-state index contributed by atoms with van der Waals surface area (Å²) in [4.78, 5) is 29.2. The van der Waals surface area contributed by atoms with Crippen LogP contribution in [0.1, 0.15) is 29.6 Å². The largest absolute Gasteiger partial charge is 0.371 e. The number of carbonyl (C=O) groups is 1.